The minimum atomic E-state index is -0.576. The molecule has 0 aliphatic carbocycles. The van der Waals surface area contributed by atoms with Crippen molar-refractivity contribution in [2.24, 2.45) is 0 Å². The number of ether oxygens (including phenoxy) is 1. The fourth-order valence-electron chi connectivity index (χ4n) is 1.87. The normalized spacial score (nSPS) is 10.5. The fraction of sp³-hybridized carbons (Fsp3) is 0.250. The van der Waals surface area contributed by atoms with Crippen LogP contribution in [0.15, 0.2) is 35.2 Å². The largest absolute Gasteiger partial charge is 0.496 e. The molecule has 5 heteroatoms. The number of anilines is 1. The second kappa shape index (κ2) is 6.80. The molecule has 0 bridgehead atoms. The smallest absolute Gasteiger partial charge is 0.152 e. The summed E-state index contributed by atoms with van der Waals surface area (Å²) in [5.74, 6) is -0.411. The van der Waals surface area contributed by atoms with E-state index in [4.69, 9.17) is 4.74 Å². The molecular formula is C16H17F2NOS. The number of hydrogen-bond donors (Lipinski definition) is 1. The van der Waals surface area contributed by atoms with Crippen LogP contribution in [-0.2, 0) is 6.42 Å². The molecule has 2 rings (SSSR count). The monoisotopic (exact) mass is 309 g/mol. The summed E-state index contributed by atoms with van der Waals surface area (Å²) in [6.45, 7) is 3.48. The molecule has 0 saturated heterocycles. The van der Waals surface area contributed by atoms with Gasteiger partial charge in [-0.2, -0.15) is 0 Å². The zero-order chi connectivity index (χ0) is 15.4. The number of methoxy groups -OCH3 is 1. The van der Waals surface area contributed by atoms with Crippen LogP contribution >= 0.6 is 11.9 Å². The Balaban J connectivity index is 2.22. The van der Waals surface area contributed by atoms with Crippen molar-refractivity contribution < 1.29 is 13.5 Å². The summed E-state index contributed by atoms with van der Waals surface area (Å²) in [5, 5.41) is 0. The molecule has 0 saturated carbocycles. The minimum Gasteiger partial charge on any atom is -0.496 e. The van der Waals surface area contributed by atoms with Gasteiger partial charge in [-0.25, -0.2) is 8.78 Å². The molecule has 0 atom stereocenters. The summed E-state index contributed by atoms with van der Waals surface area (Å²) in [5.41, 5.74) is 1.42. The Morgan fingerprint density at radius 3 is 2.62 bits per heavy atom. The fourth-order valence-corrected chi connectivity index (χ4v) is 2.71. The number of halogens is 2. The molecule has 0 unspecified atom stereocenters. The van der Waals surface area contributed by atoms with E-state index in [9.17, 15) is 8.78 Å². The average Bonchev–Trinajstić information content (AvgIpc) is 2.51. The van der Waals surface area contributed by atoms with Crippen LogP contribution in [0.5, 0.6) is 5.75 Å². The Morgan fingerprint density at radius 1 is 1.19 bits per heavy atom. The Kier molecular flexibility index (Phi) is 5.07. The van der Waals surface area contributed by atoms with Crippen LogP contribution in [0.25, 0.3) is 0 Å². The third-order valence-corrected chi connectivity index (χ3v) is 4.09. The van der Waals surface area contributed by atoms with Crippen molar-refractivity contribution in [2.75, 3.05) is 11.8 Å². The molecule has 0 amide bonds. The molecule has 0 fully saturated rings. The van der Waals surface area contributed by atoms with E-state index < -0.39 is 11.6 Å². The van der Waals surface area contributed by atoms with Gasteiger partial charge in [-0.3, -0.25) is 0 Å². The lowest BCUT2D eigenvalue weighted by molar-refractivity contribution is 0.404. The summed E-state index contributed by atoms with van der Waals surface area (Å²) < 4.78 is 35.4. The van der Waals surface area contributed by atoms with Crippen molar-refractivity contribution in [1.82, 2.24) is 0 Å². The Labute approximate surface area is 127 Å². The highest BCUT2D eigenvalue weighted by Gasteiger charge is 2.11. The molecule has 0 aliphatic rings. The van der Waals surface area contributed by atoms with Crippen LogP contribution in [0.4, 0.5) is 14.5 Å². The highest BCUT2D eigenvalue weighted by Crippen LogP contribution is 2.32. The van der Waals surface area contributed by atoms with E-state index in [-0.39, 0.29) is 11.3 Å². The molecule has 0 radical (unpaired) electrons. The lowest BCUT2D eigenvalue weighted by Crippen LogP contribution is -1.97. The van der Waals surface area contributed by atoms with Gasteiger partial charge in [-0.1, -0.05) is 13.0 Å². The molecule has 2 nitrogen and oxygen atoms in total. The van der Waals surface area contributed by atoms with E-state index in [1.165, 1.54) is 31.0 Å². The highest BCUT2D eigenvalue weighted by molar-refractivity contribution is 8.00. The summed E-state index contributed by atoms with van der Waals surface area (Å²) in [4.78, 5) is 0.859. The second-order valence-corrected chi connectivity index (χ2v) is 5.42. The highest BCUT2D eigenvalue weighted by atomic mass is 32.2. The first kappa shape index (κ1) is 15.6. The molecular weight excluding hydrogens is 292 g/mol. The first-order chi connectivity index (χ1) is 10.1. The number of nitrogens with one attached hydrogen (secondary N) is 1. The lowest BCUT2D eigenvalue weighted by Gasteiger charge is -2.12. The van der Waals surface area contributed by atoms with Crippen LogP contribution in [-0.4, -0.2) is 7.11 Å². The summed E-state index contributed by atoms with van der Waals surface area (Å²) in [6.07, 6.45) is 0.904. The molecule has 0 heterocycles. The number of rotatable bonds is 5. The molecule has 0 spiro atoms. The Hall–Kier alpha value is -1.75. The van der Waals surface area contributed by atoms with Gasteiger partial charge < -0.3 is 9.46 Å². The van der Waals surface area contributed by atoms with Gasteiger partial charge in [0.05, 0.1) is 17.7 Å². The zero-order valence-corrected chi connectivity index (χ0v) is 13.0. The van der Waals surface area contributed by atoms with Crippen molar-refractivity contribution in [3.8, 4) is 5.75 Å². The summed E-state index contributed by atoms with van der Waals surface area (Å²) in [7, 11) is 1.59. The maximum atomic E-state index is 13.9. The standard InChI is InChI=1S/C16H17F2NOS/c1-4-11-5-8-14(20-3)15(9-11)21-19-13-7-6-12(17)10(2)16(13)18/h5-9,19H,4H2,1-3H3. The van der Waals surface area contributed by atoms with Crippen LogP contribution < -0.4 is 9.46 Å². The summed E-state index contributed by atoms with van der Waals surface area (Å²) >= 11 is 1.25. The first-order valence-corrected chi connectivity index (χ1v) is 7.42. The van der Waals surface area contributed by atoms with Gasteiger partial charge in [-0.05, 0) is 55.1 Å². The van der Waals surface area contributed by atoms with Gasteiger partial charge in [0, 0.05) is 5.56 Å². The Morgan fingerprint density at radius 2 is 1.95 bits per heavy atom. The van der Waals surface area contributed by atoms with Crippen molar-refractivity contribution >= 4 is 17.6 Å². The third-order valence-electron chi connectivity index (χ3n) is 3.23. The van der Waals surface area contributed by atoms with Gasteiger partial charge in [0.2, 0.25) is 0 Å². The average molecular weight is 309 g/mol. The van der Waals surface area contributed by atoms with Gasteiger partial charge in [0.25, 0.3) is 0 Å². The zero-order valence-electron chi connectivity index (χ0n) is 12.2. The van der Waals surface area contributed by atoms with E-state index >= 15 is 0 Å². The molecule has 21 heavy (non-hydrogen) atoms. The van der Waals surface area contributed by atoms with Crippen LogP contribution in [0.1, 0.15) is 18.1 Å². The van der Waals surface area contributed by atoms with E-state index in [1.54, 1.807) is 7.11 Å². The molecule has 2 aromatic carbocycles. The number of aryl methyl sites for hydroxylation is 1. The molecule has 0 aromatic heterocycles. The predicted octanol–water partition coefficient (Wildman–Crippen LogP) is 4.96. The molecule has 1 N–H and O–H groups in total. The Bertz CT molecular complexity index is 646. The lowest BCUT2D eigenvalue weighted by atomic mass is 10.2. The van der Waals surface area contributed by atoms with Crippen LogP contribution in [0.2, 0.25) is 0 Å². The van der Waals surface area contributed by atoms with Crippen molar-refractivity contribution in [1.29, 1.82) is 0 Å². The van der Waals surface area contributed by atoms with Gasteiger partial charge >= 0.3 is 0 Å². The SMILES string of the molecule is CCc1ccc(OC)c(SNc2ccc(F)c(C)c2F)c1. The number of hydrogen-bond acceptors (Lipinski definition) is 3. The van der Waals surface area contributed by atoms with E-state index in [1.807, 2.05) is 18.2 Å². The maximum Gasteiger partial charge on any atom is 0.152 e. The van der Waals surface area contributed by atoms with E-state index in [0.717, 1.165) is 16.9 Å². The molecule has 2 aromatic rings. The van der Waals surface area contributed by atoms with Gasteiger partial charge in [0.1, 0.15) is 11.6 Å². The van der Waals surface area contributed by atoms with Gasteiger partial charge in [0.15, 0.2) is 5.82 Å². The summed E-state index contributed by atoms with van der Waals surface area (Å²) in [6, 6.07) is 8.51. The van der Waals surface area contributed by atoms with Gasteiger partial charge in [-0.15, -0.1) is 0 Å². The van der Waals surface area contributed by atoms with E-state index in [0.29, 0.717) is 5.75 Å². The quantitative estimate of drug-likeness (QED) is 0.788. The van der Waals surface area contributed by atoms with E-state index in [2.05, 4.69) is 11.6 Å². The van der Waals surface area contributed by atoms with Crippen molar-refractivity contribution in [3.63, 3.8) is 0 Å². The first-order valence-electron chi connectivity index (χ1n) is 6.61. The van der Waals surface area contributed by atoms with Crippen LogP contribution in [0, 0.1) is 18.6 Å². The topological polar surface area (TPSA) is 21.3 Å². The van der Waals surface area contributed by atoms with Crippen molar-refractivity contribution in [2.45, 2.75) is 25.2 Å². The predicted molar refractivity (Wildman–Crippen MR) is 82.9 cm³/mol. The maximum absolute atomic E-state index is 13.9. The van der Waals surface area contributed by atoms with Crippen molar-refractivity contribution in [3.05, 3.63) is 53.1 Å². The minimum absolute atomic E-state index is 0.00914. The van der Waals surface area contributed by atoms with Crippen LogP contribution in [0.3, 0.4) is 0 Å². The number of benzene rings is 2. The second-order valence-electron chi connectivity index (χ2n) is 4.58. The molecule has 0 aliphatic heterocycles. The molecule has 112 valence electrons. The third kappa shape index (κ3) is 3.47.